The maximum Gasteiger partial charge on any atom is 0.137 e. The molecule has 4 heteroatoms. The molecule has 1 atom stereocenters. The van der Waals surface area contributed by atoms with Crippen LogP contribution in [-0.2, 0) is 0 Å². The smallest absolute Gasteiger partial charge is 0.137 e. The first-order valence-electron chi connectivity index (χ1n) is 4.96. The third kappa shape index (κ3) is 3.26. The van der Waals surface area contributed by atoms with Crippen LogP contribution in [0.5, 0.6) is 0 Å². The Kier molecular flexibility index (Phi) is 4.70. The second-order valence-electron chi connectivity index (χ2n) is 3.99. The van der Waals surface area contributed by atoms with Crippen molar-refractivity contribution >= 4 is 15.9 Å². The van der Waals surface area contributed by atoms with Crippen LogP contribution >= 0.6 is 15.9 Å². The normalized spacial score (nSPS) is 13.2. The van der Waals surface area contributed by atoms with Gasteiger partial charge >= 0.3 is 0 Å². The molecule has 84 valence electrons. The van der Waals surface area contributed by atoms with Gasteiger partial charge in [0.1, 0.15) is 5.82 Å². The van der Waals surface area contributed by atoms with Gasteiger partial charge in [-0.1, -0.05) is 26.0 Å². The largest absolute Gasteiger partial charge is 0.271 e. The van der Waals surface area contributed by atoms with Crippen molar-refractivity contribution in [2.24, 2.45) is 11.8 Å². The molecule has 0 spiro atoms. The summed E-state index contributed by atoms with van der Waals surface area (Å²) < 4.78 is 13.8. The van der Waals surface area contributed by atoms with Gasteiger partial charge in [-0.05, 0) is 39.9 Å². The molecule has 0 heterocycles. The van der Waals surface area contributed by atoms with Crippen LogP contribution in [0.4, 0.5) is 4.39 Å². The highest BCUT2D eigenvalue weighted by atomic mass is 79.9. The van der Waals surface area contributed by atoms with Crippen molar-refractivity contribution in [2.75, 3.05) is 0 Å². The van der Waals surface area contributed by atoms with Crippen molar-refractivity contribution in [3.8, 4) is 0 Å². The monoisotopic (exact) mass is 274 g/mol. The molecule has 1 unspecified atom stereocenters. The Balaban J connectivity index is 2.96. The predicted molar refractivity (Wildman–Crippen MR) is 63.6 cm³/mol. The SMILES string of the molecule is CC(C)CC(NN)c1cccc(F)c1Br. The van der Waals surface area contributed by atoms with E-state index >= 15 is 0 Å². The number of hydrogen-bond acceptors (Lipinski definition) is 2. The van der Waals surface area contributed by atoms with Gasteiger partial charge in [-0.2, -0.15) is 0 Å². The van der Waals surface area contributed by atoms with Gasteiger partial charge in [-0.3, -0.25) is 11.3 Å². The van der Waals surface area contributed by atoms with E-state index in [9.17, 15) is 4.39 Å². The van der Waals surface area contributed by atoms with Gasteiger partial charge in [0.05, 0.1) is 4.47 Å². The van der Waals surface area contributed by atoms with Gasteiger partial charge < -0.3 is 0 Å². The minimum Gasteiger partial charge on any atom is -0.271 e. The second-order valence-corrected chi connectivity index (χ2v) is 4.78. The van der Waals surface area contributed by atoms with E-state index in [1.165, 1.54) is 6.07 Å². The van der Waals surface area contributed by atoms with E-state index in [2.05, 4.69) is 35.2 Å². The molecular weight excluding hydrogens is 259 g/mol. The topological polar surface area (TPSA) is 38.0 Å². The summed E-state index contributed by atoms with van der Waals surface area (Å²) in [6, 6.07) is 4.98. The van der Waals surface area contributed by atoms with Gasteiger partial charge in [-0.25, -0.2) is 4.39 Å². The lowest BCUT2D eigenvalue weighted by molar-refractivity contribution is 0.434. The molecule has 1 rings (SSSR count). The lowest BCUT2D eigenvalue weighted by Gasteiger charge is -2.19. The molecule has 3 N–H and O–H groups in total. The lowest BCUT2D eigenvalue weighted by atomic mass is 9.97. The molecule has 0 aromatic heterocycles. The van der Waals surface area contributed by atoms with E-state index in [1.807, 2.05) is 6.07 Å². The molecule has 0 saturated heterocycles. The number of hydrogen-bond donors (Lipinski definition) is 2. The fourth-order valence-corrected chi connectivity index (χ4v) is 2.09. The average molecular weight is 275 g/mol. The van der Waals surface area contributed by atoms with Crippen LogP contribution in [0.25, 0.3) is 0 Å². The fraction of sp³-hybridized carbons (Fsp3) is 0.455. The van der Waals surface area contributed by atoms with E-state index in [1.54, 1.807) is 6.07 Å². The van der Waals surface area contributed by atoms with E-state index in [4.69, 9.17) is 5.84 Å². The molecule has 1 aromatic rings. The third-order valence-corrected chi connectivity index (χ3v) is 3.10. The van der Waals surface area contributed by atoms with Crippen molar-refractivity contribution in [3.63, 3.8) is 0 Å². The predicted octanol–water partition coefficient (Wildman–Crippen LogP) is 3.14. The van der Waals surface area contributed by atoms with E-state index in [0.717, 1.165) is 12.0 Å². The van der Waals surface area contributed by atoms with Crippen LogP contribution in [-0.4, -0.2) is 0 Å². The molecule has 0 saturated carbocycles. The molecule has 0 amide bonds. The summed E-state index contributed by atoms with van der Waals surface area (Å²) in [4.78, 5) is 0. The van der Waals surface area contributed by atoms with Crippen LogP contribution < -0.4 is 11.3 Å². The van der Waals surface area contributed by atoms with Gasteiger partial charge in [0.15, 0.2) is 0 Å². The van der Waals surface area contributed by atoms with Crippen LogP contribution in [0, 0.1) is 11.7 Å². The van der Waals surface area contributed by atoms with Crippen molar-refractivity contribution in [3.05, 3.63) is 34.1 Å². The number of rotatable bonds is 4. The zero-order valence-corrected chi connectivity index (χ0v) is 10.5. The fourth-order valence-electron chi connectivity index (χ4n) is 1.55. The van der Waals surface area contributed by atoms with E-state index < -0.39 is 0 Å². The van der Waals surface area contributed by atoms with Crippen molar-refractivity contribution in [1.82, 2.24) is 5.43 Å². The summed E-state index contributed by atoms with van der Waals surface area (Å²) in [5, 5.41) is 0. The van der Waals surface area contributed by atoms with Crippen LogP contribution in [0.15, 0.2) is 22.7 Å². The zero-order valence-electron chi connectivity index (χ0n) is 8.93. The van der Waals surface area contributed by atoms with E-state index in [-0.39, 0.29) is 11.9 Å². The summed E-state index contributed by atoms with van der Waals surface area (Å²) in [6.07, 6.45) is 0.874. The summed E-state index contributed by atoms with van der Waals surface area (Å²) in [5.74, 6) is 5.73. The molecule has 15 heavy (non-hydrogen) atoms. The average Bonchev–Trinajstić information content (AvgIpc) is 2.19. The maximum absolute atomic E-state index is 13.3. The maximum atomic E-state index is 13.3. The zero-order chi connectivity index (χ0) is 11.4. The summed E-state index contributed by atoms with van der Waals surface area (Å²) in [6.45, 7) is 4.22. The Labute approximate surface area is 98.1 Å². The summed E-state index contributed by atoms with van der Waals surface area (Å²) in [7, 11) is 0. The highest BCUT2D eigenvalue weighted by molar-refractivity contribution is 9.10. The van der Waals surface area contributed by atoms with Crippen molar-refractivity contribution in [1.29, 1.82) is 0 Å². The number of benzene rings is 1. The quantitative estimate of drug-likeness (QED) is 0.654. The lowest BCUT2D eigenvalue weighted by Crippen LogP contribution is -2.29. The molecular formula is C11H16BrFN2. The van der Waals surface area contributed by atoms with Crippen molar-refractivity contribution < 1.29 is 4.39 Å². The highest BCUT2D eigenvalue weighted by Crippen LogP contribution is 2.29. The molecule has 0 aliphatic heterocycles. The minimum atomic E-state index is -0.253. The van der Waals surface area contributed by atoms with Gasteiger partial charge in [0.2, 0.25) is 0 Å². The molecule has 0 aliphatic rings. The molecule has 0 radical (unpaired) electrons. The number of nitrogens with two attached hydrogens (primary N) is 1. The minimum absolute atomic E-state index is 0.0184. The Morgan fingerprint density at radius 2 is 2.13 bits per heavy atom. The van der Waals surface area contributed by atoms with Gasteiger partial charge in [-0.15, -0.1) is 0 Å². The third-order valence-electron chi connectivity index (χ3n) is 2.27. The Morgan fingerprint density at radius 3 is 2.67 bits per heavy atom. The first kappa shape index (κ1) is 12.6. The Morgan fingerprint density at radius 1 is 1.47 bits per heavy atom. The van der Waals surface area contributed by atoms with Crippen LogP contribution in [0.3, 0.4) is 0 Å². The molecule has 0 bridgehead atoms. The first-order valence-corrected chi connectivity index (χ1v) is 5.75. The summed E-state index contributed by atoms with van der Waals surface area (Å²) in [5.41, 5.74) is 3.59. The van der Waals surface area contributed by atoms with Crippen molar-refractivity contribution in [2.45, 2.75) is 26.3 Å². The van der Waals surface area contributed by atoms with Crippen LogP contribution in [0.2, 0.25) is 0 Å². The highest BCUT2D eigenvalue weighted by Gasteiger charge is 2.16. The molecule has 0 aliphatic carbocycles. The Hall–Kier alpha value is -0.450. The molecule has 2 nitrogen and oxygen atoms in total. The van der Waals surface area contributed by atoms with Crippen LogP contribution in [0.1, 0.15) is 31.9 Å². The second kappa shape index (κ2) is 5.58. The summed E-state index contributed by atoms with van der Waals surface area (Å²) >= 11 is 3.24. The number of nitrogens with one attached hydrogen (secondary N) is 1. The van der Waals surface area contributed by atoms with E-state index in [0.29, 0.717) is 10.4 Å². The molecule has 0 fully saturated rings. The van der Waals surface area contributed by atoms with Gasteiger partial charge in [0, 0.05) is 6.04 Å². The number of halogens is 2. The first-order chi connectivity index (χ1) is 7.06. The number of hydrazine groups is 1. The van der Waals surface area contributed by atoms with Gasteiger partial charge in [0.25, 0.3) is 0 Å². The standard InChI is InChI=1S/C11H16BrFN2/c1-7(2)6-10(15-14)8-4-3-5-9(13)11(8)12/h3-5,7,10,15H,6,14H2,1-2H3. The Bertz CT molecular complexity index is 328. The molecule has 1 aromatic carbocycles.